The van der Waals surface area contributed by atoms with Crippen LogP contribution in [0.15, 0.2) is 96.2 Å². The highest BCUT2D eigenvalue weighted by Crippen LogP contribution is 2.48. The van der Waals surface area contributed by atoms with Gasteiger partial charge in [-0.1, -0.05) is 90.6 Å². The normalized spacial score (nSPS) is 20.2. The van der Waals surface area contributed by atoms with Gasteiger partial charge in [0.25, 0.3) is 0 Å². The summed E-state index contributed by atoms with van der Waals surface area (Å²) >= 11 is 1.63. The lowest BCUT2D eigenvalue weighted by Gasteiger charge is -2.40. The summed E-state index contributed by atoms with van der Waals surface area (Å²) in [6.45, 7) is 3.88. The van der Waals surface area contributed by atoms with E-state index in [1.54, 1.807) is 11.8 Å². The van der Waals surface area contributed by atoms with Crippen molar-refractivity contribution in [3.63, 3.8) is 0 Å². The first kappa shape index (κ1) is 27.3. The number of hydrogen-bond donors (Lipinski definition) is 0. The SMILES string of the molecule is CC1CN(C(=O)CCCSc2nnc(-c3ccccc3)n2-c2ccccc2)CCN1C(=O)C1CC1c1ccccc1. The minimum Gasteiger partial charge on any atom is -0.339 e. The van der Waals surface area contributed by atoms with Crippen molar-refractivity contribution in [2.45, 2.75) is 43.3 Å². The van der Waals surface area contributed by atoms with Gasteiger partial charge in [0, 0.05) is 55.0 Å². The van der Waals surface area contributed by atoms with Crippen LogP contribution in [-0.4, -0.2) is 67.8 Å². The molecule has 2 heterocycles. The molecule has 3 atom stereocenters. The number of piperazine rings is 1. The molecule has 2 amide bonds. The lowest BCUT2D eigenvalue weighted by atomic mass is 10.1. The summed E-state index contributed by atoms with van der Waals surface area (Å²) in [7, 11) is 0. The molecule has 0 radical (unpaired) electrons. The van der Waals surface area contributed by atoms with Crippen LogP contribution in [0.1, 0.15) is 37.7 Å². The Labute approximate surface area is 245 Å². The van der Waals surface area contributed by atoms with E-state index in [-0.39, 0.29) is 23.8 Å². The number of para-hydroxylation sites is 1. The molecule has 1 saturated carbocycles. The van der Waals surface area contributed by atoms with Crippen LogP contribution in [-0.2, 0) is 9.59 Å². The number of benzene rings is 3. The van der Waals surface area contributed by atoms with Gasteiger partial charge in [-0.3, -0.25) is 14.2 Å². The summed E-state index contributed by atoms with van der Waals surface area (Å²) in [5.74, 6) is 2.39. The summed E-state index contributed by atoms with van der Waals surface area (Å²) in [5.41, 5.74) is 3.27. The standard InChI is InChI=1S/C33H35N5O2S/c1-24-23-36(19-20-37(24)32(40)29-22-28(29)25-12-5-2-6-13-25)30(39)18-11-21-41-33-35-34-31(26-14-7-3-8-15-26)38(33)27-16-9-4-10-17-27/h2-10,12-17,24,28-29H,11,18-23H2,1H3. The lowest BCUT2D eigenvalue weighted by molar-refractivity contribution is -0.143. The Morgan fingerprint density at radius 3 is 2.27 bits per heavy atom. The number of hydrogen-bond acceptors (Lipinski definition) is 5. The van der Waals surface area contributed by atoms with Crippen LogP contribution in [0, 0.1) is 5.92 Å². The highest BCUT2D eigenvalue weighted by atomic mass is 32.2. The van der Waals surface area contributed by atoms with Crippen molar-refractivity contribution >= 4 is 23.6 Å². The van der Waals surface area contributed by atoms with Gasteiger partial charge in [0.15, 0.2) is 11.0 Å². The summed E-state index contributed by atoms with van der Waals surface area (Å²) in [4.78, 5) is 30.2. The molecule has 210 valence electrons. The fourth-order valence-electron chi connectivity index (χ4n) is 5.75. The van der Waals surface area contributed by atoms with Gasteiger partial charge in [-0.2, -0.15) is 0 Å². The predicted octanol–water partition coefficient (Wildman–Crippen LogP) is 5.67. The van der Waals surface area contributed by atoms with Gasteiger partial charge in [0.05, 0.1) is 0 Å². The minimum atomic E-state index is 0.0347. The molecular weight excluding hydrogens is 530 g/mol. The van der Waals surface area contributed by atoms with Gasteiger partial charge < -0.3 is 9.80 Å². The van der Waals surface area contributed by atoms with Crippen molar-refractivity contribution in [3.05, 3.63) is 96.6 Å². The van der Waals surface area contributed by atoms with E-state index in [1.807, 2.05) is 76.5 Å². The number of amides is 2. The average molecular weight is 566 g/mol. The van der Waals surface area contributed by atoms with Crippen LogP contribution >= 0.6 is 11.8 Å². The summed E-state index contributed by atoms with van der Waals surface area (Å²) in [5, 5.41) is 9.82. The van der Waals surface area contributed by atoms with Crippen molar-refractivity contribution in [2.24, 2.45) is 5.92 Å². The zero-order valence-electron chi connectivity index (χ0n) is 23.3. The highest BCUT2D eigenvalue weighted by molar-refractivity contribution is 7.99. The van der Waals surface area contributed by atoms with Crippen LogP contribution in [0.5, 0.6) is 0 Å². The van der Waals surface area contributed by atoms with E-state index in [0.717, 1.165) is 40.8 Å². The first-order valence-electron chi connectivity index (χ1n) is 14.4. The Bertz CT molecular complexity index is 1480. The second-order valence-corrected chi connectivity index (χ2v) is 11.9. The van der Waals surface area contributed by atoms with Crippen LogP contribution in [0.3, 0.4) is 0 Å². The fourth-order valence-corrected chi connectivity index (χ4v) is 6.64. The Morgan fingerprint density at radius 2 is 1.56 bits per heavy atom. The molecule has 0 spiro atoms. The van der Waals surface area contributed by atoms with Crippen LogP contribution < -0.4 is 0 Å². The fraction of sp³-hybridized carbons (Fsp3) is 0.333. The molecule has 7 nitrogen and oxygen atoms in total. The average Bonchev–Trinajstić information content (AvgIpc) is 3.72. The number of thioether (sulfide) groups is 1. The molecule has 8 heteroatoms. The van der Waals surface area contributed by atoms with Crippen LogP contribution in [0.2, 0.25) is 0 Å². The predicted molar refractivity (Wildman–Crippen MR) is 162 cm³/mol. The van der Waals surface area contributed by atoms with Crippen LogP contribution in [0.25, 0.3) is 17.1 Å². The van der Waals surface area contributed by atoms with Crippen LogP contribution in [0.4, 0.5) is 0 Å². The second kappa shape index (κ2) is 12.3. The second-order valence-electron chi connectivity index (χ2n) is 10.9. The molecule has 41 heavy (non-hydrogen) atoms. The Hall–Kier alpha value is -3.91. The van der Waals surface area contributed by atoms with Crippen molar-refractivity contribution in [2.75, 3.05) is 25.4 Å². The molecule has 6 rings (SSSR count). The zero-order valence-corrected chi connectivity index (χ0v) is 24.1. The smallest absolute Gasteiger partial charge is 0.226 e. The first-order valence-corrected chi connectivity index (χ1v) is 15.4. The van der Waals surface area contributed by atoms with Crippen molar-refractivity contribution in [3.8, 4) is 17.1 Å². The lowest BCUT2D eigenvalue weighted by Crippen LogP contribution is -2.55. The van der Waals surface area contributed by atoms with E-state index in [1.165, 1.54) is 5.56 Å². The number of carbonyl (C=O) groups is 2. The third kappa shape index (κ3) is 6.07. The number of carbonyl (C=O) groups excluding carboxylic acids is 2. The molecule has 1 saturated heterocycles. The van der Waals surface area contributed by atoms with Gasteiger partial charge in [0.2, 0.25) is 11.8 Å². The Morgan fingerprint density at radius 1 is 0.878 bits per heavy atom. The van der Waals surface area contributed by atoms with Crippen molar-refractivity contribution in [1.82, 2.24) is 24.6 Å². The Balaban J connectivity index is 1.01. The maximum atomic E-state index is 13.2. The minimum absolute atomic E-state index is 0.0347. The number of nitrogens with zero attached hydrogens (tertiary/aromatic N) is 5. The maximum absolute atomic E-state index is 13.2. The molecule has 3 aromatic carbocycles. The largest absolute Gasteiger partial charge is 0.339 e. The topological polar surface area (TPSA) is 71.3 Å². The van der Waals surface area contributed by atoms with E-state index in [9.17, 15) is 9.59 Å². The number of aromatic nitrogens is 3. The molecular formula is C33H35N5O2S. The van der Waals surface area contributed by atoms with E-state index in [2.05, 4.69) is 46.0 Å². The Kier molecular flexibility index (Phi) is 8.19. The summed E-state index contributed by atoms with van der Waals surface area (Å²) < 4.78 is 2.09. The summed E-state index contributed by atoms with van der Waals surface area (Å²) in [6, 6.07) is 30.6. The molecule has 0 N–H and O–H groups in total. The third-order valence-electron chi connectivity index (χ3n) is 8.04. The van der Waals surface area contributed by atoms with E-state index in [0.29, 0.717) is 32.0 Å². The molecule has 2 aliphatic rings. The quantitative estimate of drug-likeness (QED) is 0.193. The van der Waals surface area contributed by atoms with Gasteiger partial charge in [-0.25, -0.2) is 0 Å². The highest BCUT2D eigenvalue weighted by Gasteiger charge is 2.47. The molecule has 1 aromatic heterocycles. The molecule has 4 aromatic rings. The van der Waals surface area contributed by atoms with E-state index < -0.39 is 0 Å². The van der Waals surface area contributed by atoms with Crippen molar-refractivity contribution < 1.29 is 9.59 Å². The van der Waals surface area contributed by atoms with E-state index in [4.69, 9.17) is 0 Å². The molecule has 3 unspecified atom stereocenters. The van der Waals surface area contributed by atoms with E-state index >= 15 is 0 Å². The molecule has 0 bridgehead atoms. The first-order chi connectivity index (χ1) is 20.1. The number of rotatable bonds is 9. The molecule has 1 aliphatic carbocycles. The van der Waals surface area contributed by atoms with Gasteiger partial charge in [-0.15, -0.1) is 10.2 Å². The van der Waals surface area contributed by atoms with Gasteiger partial charge >= 0.3 is 0 Å². The molecule has 2 fully saturated rings. The van der Waals surface area contributed by atoms with Gasteiger partial charge in [0.1, 0.15) is 0 Å². The third-order valence-corrected chi connectivity index (χ3v) is 9.06. The monoisotopic (exact) mass is 565 g/mol. The summed E-state index contributed by atoms with van der Waals surface area (Å²) in [6.07, 6.45) is 2.16. The van der Waals surface area contributed by atoms with Gasteiger partial charge in [-0.05, 0) is 43.4 Å². The maximum Gasteiger partial charge on any atom is 0.226 e. The zero-order chi connectivity index (χ0) is 28.2. The van der Waals surface area contributed by atoms with Crippen molar-refractivity contribution in [1.29, 1.82) is 0 Å². The molecule has 1 aliphatic heterocycles.